The molecular weight excluding hydrogens is 228 g/mol. The lowest BCUT2D eigenvalue weighted by atomic mass is 9.89. The largest absolute Gasteiger partial charge is 0.334 e. The molecule has 0 spiro atoms. The van der Waals surface area contributed by atoms with Crippen molar-refractivity contribution in [1.29, 1.82) is 0 Å². The van der Waals surface area contributed by atoms with Gasteiger partial charge in [0.2, 0.25) is 0 Å². The Morgan fingerprint density at radius 3 is 2.28 bits per heavy atom. The Labute approximate surface area is 111 Å². The molecule has 1 fully saturated rings. The zero-order chi connectivity index (χ0) is 13.6. The van der Waals surface area contributed by atoms with Crippen LogP contribution in [0.2, 0.25) is 0 Å². The SMILES string of the molecule is CCNCC(C)(CNCC)CN1CC(C)NC1=O. The number of hydrogen-bond acceptors (Lipinski definition) is 3. The number of nitrogens with one attached hydrogen (secondary N) is 3. The van der Waals surface area contributed by atoms with Gasteiger partial charge in [-0.2, -0.15) is 0 Å². The predicted molar refractivity (Wildman–Crippen MR) is 74.8 cm³/mol. The van der Waals surface area contributed by atoms with Gasteiger partial charge in [-0.05, 0) is 20.0 Å². The standard InChI is InChI=1S/C13H28N4O/c1-5-14-8-13(4,9-15-6-2)10-17-7-11(3)16-12(17)18/h11,14-15H,5-10H2,1-4H3,(H,16,18). The van der Waals surface area contributed by atoms with Crippen LogP contribution in [0.4, 0.5) is 4.79 Å². The molecule has 1 unspecified atom stereocenters. The highest BCUT2D eigenvalue weighted by Gasteiger charge is 2.33. The molecule has 3 N–H and O–H groups in total. The lowest BCUT2D eigenvalue weighted by molar-refractivity contribution is 0.175. The monoisotopic (exact) mass is 256 g/mol. The van der Waals surface area contributed by atoms with Gasteiger partial charge in [-0.25, -0.2) is 4.79 Å². The van der Waals surface area contributed by atoms with Gasteiger partial charge in [-0.15, -0.1) is 0 Å². The van der Waals surface area contributed by atoms with E-state index in [0.717, 1.165) is 39.3 Å². The normalized spacial score (nSPS) is 20.3. The van der Waals surface area contributed by atoms with E-state index in [0.29, 0.717) is 0 Å². The summed E-state index contributed by atoms with van der Waals surface area (Å²) in [6.07, 6.45) is 0. The molecule has 5 heteroatoms. The van der Waals surface area contributed by atoms with Crippen LogP contribution in [0.1, 0.15) is 27.7 Å². The third kappa shape index (κ3) is 4.46. The Balaban J connectivity index is 2.56. The van der Waals surface area contributed by atoms with Gasteiger partial charge in [-0.1, -0.05) is 20.8 Å². The lowest BCUT2D eigenvalue weighted by Gasteiger charge is -2.34. The number of hydrogen-bond donors (Lipinski definition) is 3. The van der Waals surface area contributed by atoms with Gasteiger partial charge in [0.25, 0.3) is 0 Å². The second-order valence-electron chi connectivity index (χ2n) is 5.60. The molecule has 2 amide bonds. The Kier molecular flexibility index (Phi) is 5.88. The number of carbonyl (C=O) groups is 1. The van der Waals surface area contributed by atoms with Crippen LogP contribution in [0.5, 0.6) is 0 Å². The minimum Gasteiger partial charge on any atom is -0.334 e. The Morgan fingerprint density at radius 1 is 1.33 bits per heavy atom. The van der Waals surface area contributed by atoms with Gasteiger partial charge in [0.15, 0.2) is 0 Å². The van der Waals surface area contributed by atoms with Crippen molar-refractivity contribution in [3.05, 3.63) is 0 Å². The number of nitrogens with zero attached hydrogens (tertiary/aromatic N) is 1. The first-order chi connectivity index (χ1) is 8.50. The molecule has 1 atom stereocenters. The van der Waals surface area contributed by atoms with Crippen LogP contribution in [0.25, 0.3) is 0 Å². The third-order valence-corrected chi connectivity index (χ3v) is 3.33. The van der Waals surface area contributed by atoms with E-state index in [4.69, 9.17) is 0 Å². The molecule has 0 radical (unpaired) electrons. The maximum Gasteiger partial charge on any atom is 0.317 e. The quantitative estimate of drug-likeness (QED) is 0.597. The Bertz CT molecular complexity index is 262. The number of rotatable bonds is 8. The minimum absolute atomic E-state index is 0.0710. The van der Waals surface area contributed by atoms with Gasteiger partial charge < -0.3 is 20.9 Å². The minimum atomic E-state index is 0.0710. The highest BCUT2D eigenvalue weighted by Crippen LogP contribution is 2.18. The topological polar surface area (TPSA) is 56.4 Å². The Morgan fingerprint density at radius 2 is 1.89 bits per heavy atom. The molecule has 18 heavy (non-hydrogen) atoms. The van der Waals surface area contributed by atoms with E-state index in [2.05, 4.69) is 36.7 Å². The van der Waals surface area contributed by atoms with Crippen LogP contribution >= 0.6 is 0 Å². The van der Waals surface area contributed by atoms with Crippen molar-refractivity contribution in [3.63, 3.8) is 0 Å². The van der Waals surface area contributed by atoms with Crippen LogP contribution in [-0.2, 0) is 0 Å². The number of urea groups is 1. The van der Waals surface area contributed by atoms with Crippen LogP contribution in [0.3, 0.4) is 0 Å². The average molecular weight is 256 g/mol. The highest BCUT2D eigenvalue weighted by molar-refractivity contribution is 5.76. The highest BCUT2D eigenvalue weighted by atomic mass is 16.2. The van der Waals surface area contributed by atoms with Crippen LogP contribution in [-0.4, -0.2) is 56.2 Å². The molecule has 0 aromatic carbocycles. The van der Waals surface area contributed by atoms with Crippen molar-refractivity contribution < 1.29 is 4.79 Å². The summed E-state index contributed by atoms with van der Waals surface area (Å²) in [4.78, 5) is 13.7. The van der Waals surface area contributed by atoms with Crippen molar-refractivity contribution >= 4 is 6.03 Å². The van der Waals surface area contributed by atoms with E-state index < -0.39 is 0 Å². The summed E-state index contributed by atoms with van der Waals surface area (Å²) in [6.45, 7) is 13.9. The summed E-state index contributed by atoms with van der Waals surface area (Å²) in [6, 6.07) is 0.335. The first-order valence-electron chi connectivity index (χ1n) is 6.97. The van der Waals surface area contributed by atoms with Gasteiger partial charge in [0.1, 0.15) is 0 Å². The van der Waals surface area contributed by atoms with Gasteiger partial charge in [0, 0.05) is 37.6 Å². The van der Waals surface area contributed by atoms with Crippen molar-refractivity contribution in [2.45, 2.75) is 33.7 Å². The molecule has 1 aliphatic rings. The number of carbonyl (C=O) groups excluding carboxylic acids is 1. The predicted octanol–water partition coefficient (Wildman–Crippen LogP) is 0.625. The first-order valence-corrected chi connectivity index (χ1v) is 6.97. The molecule has 1 aliphatic heterocycles. The third-order valence-electron chi connectivity index (χ3n) is 3.33. The second-order valence-corrected chi connectivity index (χ2v) is 5.60. The van der Waals surface area contributed by atoms with Gasteiger partial charge in [-0.3, -0.25) is 0 Å². The van der Waals surface area contributed by atoms with Crippen molar-refractivity contribution in [1.82, 2.24) is 20.9 Å². The summed E-state index contributed by atoms with van der Waals surface area (Å²) in [5.74, 6) is 0. The summed E-state index contributed by atoms with van der Waals surface area (Å²) >= 11 is 0. The van der Waals surface area contributed by atoms with Crippen LogP contribution in [0, 0.1) is 5.41 Å². The molecule has 106 valence electrons. The molecule has 1 rings (SSSR count). The maximum atomic E-state index is 11.8. The zero-order valence-corrected chi connectivity index (χ0v) is 12.2. The van der Waals surface area contributed by atoms with Crippen molar-refractivity contribution in [2.24, 2.45) is 5.41 Å². The smallest absolute Gasteiger partial charge is 0.317 e. The fourth-order valence-electron chi connectivity index (χ4n) is 2.39. The molecule has 1 heterocycles. The maximum absolute atomic E-state index is 11.8. The van der Waals surface area contributed by atoms with Crippen LogP contribution < -0.4 is 16.0 Å². The van der Waals surface area contributed by atoms with Crippen molar-refractivity contribution in [2.75, 3.05) is 39.3 Å². The first kappa shape index (κ1) is 15.2. The van der Waals surface area contributed by atoms with E-state index >= 15 is 0 Å². The average Bonchev–Trinajstić information content (AvgIpc) is 2.63. The zero-order valence-electron chi connectivity index (χ0n) is 12.2. The van der Waals surface area contributed by atoms with Gasteiger partial charge in [0.05, 0.1) is 0 Å². The van der Waals surface area contributed by atoms with E-state index in [1.165, 1.54) is 0 Å². The van der Waals surface area contributed by atoms with E-state index in [-0.39, 0.29) is 17.5 Å². The fourth-order valence-corrected chi connectivity index (χ4v) is 2.39. The second kappa shape index (κ2) is 6.95. The Hall–Kier alpha value is -0.810. The lowest BCUT2D eigenvalue weighted by Crippen LogP contribution is -2.48. The van der Waals surface area contributed by atoms with E-state index in [1.807, 2.05) is 11.8 Å². The molecule has 0 aliphatic carbocycles. The summed E-state index contributed by atoms with van der Waals surface area (Å²) in [5, 5.41) is 9.75. The molecule has 0 bridgehead atoms. The molecule has 5 nitrogen and oxygen atoms in total. The number of amides is 2. The molecular formula is C13H28N4O. The summed E-state index contributed by atoms with van der Waals surface area (Å²) in [5.41, 5.74) is 0.0768. The van der Waals surface area contributed by atoms with Crippen molar-refractivity contribution in [3.8, 4) is 0 Å². The van der Waals surface area contributed by atoms with E-state index in [9.17, 15) is 4.79 Å². The molecule has 0 aromatic rings. The molecule has 0 aromatic heterocycles. The van der Waals surface area contributed by atoms with Crippen LogP contribution in [0.15, 0.2) is 0 Å². The molecule has 1 saturated heterocycles. The molecule has 0 saturated carbocycles. The fraction of sp³-hybridized carbons (Fsp3) is 0.923. The summed E-state index contributed by atoms with van der Waals surface area (Å²) in [7, 11) is 0. The van der Waals surface area contributed by atoms with Gasteiger partial charge >= 0.3 is 6.03 Å². The van der Waals surface area contributed by atoms with E-state index in [1.54, 1.807) is 0 Å². The summed E-state index contributed by atoms with van der Waals surface area (Å²) < 4.78 is 0.